The molecule has 3 heteroatoms. The first-order chi connectivity index (χ1) is 7.35. The highest BCUT2D eigenvalue weighted by Crippen LogP contribution is 2.38. The van der Waals surface area contributed by atoms with Crippen molar-refractivity contribution in [2.24, 2.45) is 11.1 Å². The van der Waals surface area contributed by atoms with Gasteiger partial charge in [0.15, 0.2) is 0 Å². The molecule has 0 spiro atoms. The Bertz CT molecular complexity index is 272. The minimum Gasteiger partial charge on any atom is -0.469 e. The van der Waals surface area contributed by atoms with Crippen LogP contribution in [0.2, 0.25) is 0 Å². The molecule has 1 saturated carbocycles. The second-order valence-electron chi connectivity index (χ2n) is 4.56. The van der Waals surface area contributed by atoms with Gasteiger partial charge < -0.3 is 15.5 Å². The maximum absolute atomic E-state index is 5.79. The molecule has 0 bridgehead atoms. The van der Waals surface area contributed by atoms with Gasteiger partial charge in [0, 0.05) is 19.5 Å². The molecule has 2 rings (SSSR count). The summed E-state index contributed by atoms with van der Waals surface area (Å²) in [6.45, 7) is 2.86. The third-order valence-electron chi connectivity index (χ3n) is 3.48. The molecule has 1 aromatic rings. The lowest BCUT2D eigenvalue weighted by molar-refractivity contribution is 0.141. The minimum atomic E-state index is 0.406. The lowest BCUT2D eigenvalue weighted by atomic mass is 9.69. The van der Waals surface area contributed by atoms with E-state index in [1.165, 1.54) is 19.3 Å². The smallest absolute Gasteiger partial charge is 0.105 e. The van der Waals surface area contributed by atoms with Crippen molar-refractivity contribution in [3.63, 3.8) is 0 Å². The average molecular weight is 208 g/mol. The van der Waals surface area contributed by atoms with Gasteiger partial charge in [-0.3, -0.25) is 0 Å². The SMILES string of the molecule is NCC1(CNCCc2ccco2)CCC1. The van der Waals surface area contributed by atoms with Crippen LogP contribution in [0.4, 0.5) is 0 Å². The molecule has 0 radical (unpaired) electrons. The fourth-order valence-corrected chi connectivity index (χ4v) is 2.15. The van der Waals surface area contributed by atoms with E-state index in [0.717, 1.165) is 31.8 Å². The zero-order valence-corrected chi connectivity index (χ0v) is 9.17. The van der Waals surface area contributed by atoms with Gasteiger partial charge in [-0.25, -0.2) is 0 Å². The van der Waals surface area contributed by atoms with Gasteiger partial charge in [-0.15, -0.1) is 0 Å². The van der Waals surface area contributed by atoms with Gasteiger partial charge in [0.1, 0.15) is 5.76 Å². The molecule has 0 unspecified atom stereocenters. The van der Waals surface area contributed by atoms with Crippen LogP contribution in [0, 0.1) is 5.41 Å². The van der Waals surface area contributed by atoms with Crippen LogP contribution in [0.1, 0.15) is 25.0 Å². The summed E-state index contributed by atoms with van der Waals surface area (Å²) in [5.74, 6) is 1.05. The van der Waals surface area contributed by atoms with Gasteiger partial charge in [0.25, 0.3) is 0 Å². The summed E-state index contributed by atoms with van der Waals surface area (Å²) in [6.07, 6.45) is 6.61. The molecule has 0 saturated heterocycles. The van der Waals surface area contributed by atoms with Crippen molar-refractivity contribution < 1.29 is 4.42 Å². The zero-order valence-electron chi connectivity index (χ0n) is 9.17. The predicted octanol–water partition coefficient (Wildman–Crippen LogP) is 1.54. The van der Waals surface area contributed by atoms with Gasteiger partial charge in [-0.1, -0.05) is 6.42 Å². The Kier molecular flexibility index (Phi) is 3.44. The molecule has 3 N–H and O–H groups in total. The quantitative estimate of drug-likeness (QED) is 0.697. The topological polar surface area (TPSA) is 51.2 Å². The number of furan rings is 1. The molecule has 0 atom stereocenters. The first-order valence-electron chi connectivity index (χ1n) is 5.78. The normalized spacial score (nSPS) is 18.7. The van der Waals surface area contributed by atoms with Crippen molar-refractivity contribution in [3.05, 3.63) is 24.2 Å². The fraction of sp³-hybridized carbons (Fsp3) is 0.667. The van der Waals surface area contributed by atoms with E-state index >= 15 is 0 Å². The Labute approximate surface area is 91.0 Å². The summed E-state index contributed by atoms with van der Waals surface area (Å²) < 4.78 is 5.27. The lowest BCUT2D eigenvalue weighted by Gasteiger charge is -2.41. The molecule has 0 amide bonds. The fourth-order valence-electron chi connectivity index (χ4n) is 2.15. The summed E-state index contributed by atoms with van der Waals surface area (Å²) >= 11 is 0. The molecule has 15 heavy (non-hydrogen) atoms. The van der Waals surface area contributed by atoms with Crippen LogP contribution in [0.15, 0.2) is 22.8 Å². The van der Waals surface area contributed by atoms with E-state index in [4.69, 9.17) is 10.2 Å². The van der Waals surface area contributed by atoms with Gasteiger partial charge in [0.05, 0.1) is 6.26 Å². The number of hydrogen-bond acceptors (Lipinski definition) is 3. The molecule has 1 aliphatic rings. The van der Waals surface area contributed by atoms with Crippen LogP contribution in [0.5, 0.6) is 0 Å². The lowest BCUT2D eigenvalue weighted by Crippen LogP contribution is -2.45. The maximum atomic E-state index is 5.79. The van der Waals surface area contributed by atoms with Crippen LogP contribution in [0.3, 0.4) is 0 Å². The summed E-state index contributed by atoms with van der Waals surface area (Å²) in [5, 5.41) is 3.48. The Balaban J connectivity index is 1.62. The number of hydrogen-bond donors (Lipinski definition) is 2. The van der Waals surface area contributed by atoms with Crippen molar-refractivity contribution >= 4 is 0 Å². The Morgan fingerprint density at radius 3 is 2.87 bits per heavy atom. The average Bonchev–Trinajstić information content (AvgIpc) is 2.68. The standard InChI is InChI=1S/C12H20N2O/c13-9-12(5-2-6-12)10-14-7-4-11-3-1-8-15-11/h1,3,8,14H,2,4-7,9-10,13H2. The van der Waals surface area contributed by atoms with Gasteiger partial charge in [-0.2, -0.15) is 0 Å². The second-order valence-corrected chi connectivity index (χ2v) is 4.56. The van der Waals surface area contributed by atoms with Crippen LogP contribution in [-0.2, 0) is 6.42 Å². The Morgan fingerprint density at radius 2 is 2.33 bits per heavy atom. The number of nitrogens with two attached hydrogens (primary N) is 1. The van der Waals surface area contributed by atoms with Crippen molar-refractivity contribution in [1.82, 2.24) is 5.32 Å². The van der Waals surface area contributed by atoms with Gasteiger partial charge in [-0.05, 0) is 36.9 Å². The molecule has 1 aromatic heterocycles. The van der Waals surface area contributed by atoms with E-state index < -0.39 is 0 Å². The number of rotatable bonds is 6. The highest BCUT2D eigenvalue weighted by atomic mass is 16.3. The summed E-state index contributed by atoms with van der Waals surface area (Å²) in [7, 11) is 0. The summed E-state index contributed by atoms with van der Waals surface area (Å²) in [5.41, 5.74) is 6.19. The van der Waals surface area contributed by atoms with E-state index in [9.17, 15) is 0 Å². The first kappa shape index (κ1) is 10.7. The van der Waals surface area contributed by atoms with Crippen molar-refractivity contribution in [2.45, 2.75) is 25.7 Å². The van der Waals surface area contributed by atoms with Crippen molar-refractivity contribution in [2.75, 3.05) is 19.6 Å². The molecule has 1 heterocycles. The largest absolute Gasteiger partial charge is 0.469 e. The van der Waals surface area contributed by atoms with Crippen LogP contribution in [-0.4, -0.2) is 19.6 Å². The Morgan fingerprint density at radius 1 is 1.47 bits per heavy atom. The molecule has 1 aliphatic carbocycles. The van der Waals surface area contributed by atoms with Crippen LogP contribution in [0.25, 0.3) is 0 Å². The van der Waals surface area contributed by atoms with E-state index in [1.807, 2.05) is 12.1 Å². The molecule has 84 valence electrons. The summed E-state index contributed by atoms with van der Waals surface area (Å²) in [6, 6.07) is 3.95. The van der Waals surface area contributed by atoms with Crippen molar-refractivity contribution in [1.29, 1.82) is 0 Å². The van der Waals surface area contributed by atoms with Gasteiger partial charge in [0.2, 0.25) is 0 Å². The Hall–Kier alpha value is -0.800. The van der Waals surface area contributed by atoms with Gasteiger partial charge >= 0.3 is 0 Å². The molecular weight excluding hydrogens is 188 g/mol. The predicted molar refractivity (Wildman–Crippen MR) is 60.6 cm³/mol. The number of nitrogens with one attached hydrogen (secondary N) is 1. The maximum Gasteiger partial charge on any atom is 0.105 e. The summed E-state index contributed by atoms with van der Waals surface area (Å²) in [4.78, 5) is 0. The highest BCUT2D eigenvalue weighted by molar-refractivity contribution is 4.98. The van der Waals surface area contributed by atoms with Crippen LogP contribution >= 0.6 is 0 Å². The molecular formula is C12H20N2O. The third-order valence-corrected chi connectivity index (χ3v) is 3.48. The molecule has 0 aromatic carbocycles. The van der Waals surface area contributed by atoms with E-state index in [2.05, 4.69) is 5.32 Å². The highest BCUT2D eigenvalue weighted by Gasteiger charge is 2.34. The van der Waals surface area contributed by atoms with E-state index in [-0.39, 0.29) is 0 Å². The van der Waals surface area contributed by atoms with Crippen molar-refractivity contribution in [3.8, 4) is 0 Å². The molecule has 1 fully saturated rings. The van der Waals surface area contributed by atoms with E-state index in [1.54, 1.807) is 6.26 Å². The molecule has 3 nitrogen and oxygen atoms in total. The third kappa shape index (κ3) is 2.61. The van der Waals surface area contributed by atoms with Crippen LogP contribution < -0.4 is 11.1 Å². The monoisotopic (exact) mass is 208 g/mol. The zero-order chi connectivity index (χ0) is 10.6. The second kappa shape index (κ2) is 4.81. The first-order valence-corrected chi connectivity index (χ1v) is 5.78. The van der Waals surface area contributed by atoms with E-state index in [0.29, 0.717) is 5.41 Å². The minimum absolute atomic E-state index is 0.406. The molecule has 0 aliphatic heterocycles.